The lowest BCUT2D eigenvalue weighted by Crippen LogP contribution is -2.43. The van der Waals surface area contributed by atoms with Crippen molar-refractivity contribution in [3.63, 3.8) is 0 Å². The fraction of sp³-hybridized carbons (Fsp3) is 0.400. The van der Waals surface area contributed by atoms with Crippen LogP contribution >= 0.6 is 0 Å². The Balaban J connectivity index is 2.24. The molecule has 32 heavy (non-hydrogen) atoms. The zero-order chi connectivity index (χ0) is 24.4. The number of sulfonamides is 1. The van der Waals surface area contributed by atoms with Crippen molar-refractivity contribution in [1.82, 2.24) is 13.4 Å². The van der Waals surface area contributed by atoms with Gasteiger partial charge in [-0.1, -0.05) is 13.8 Å². The summed E-state index contributed by atoms with van der Waals surface area (Å²) in [7, 11) is 0.323. The molecule has 2 aromatic rings. The second kappa shape index (κ2) is 9.49. The van der Waals surface area contributed by atoms with Crippen LogP contribution in [0.2, 0.25) is 0 Å². The fourth-order valence-corrected chi connectivity index (χ4v) is 3.75. The molecular weight excluding hydrogens is 440 g/mol. The molecule has 2 N–H and O–H groups in total. The second-order valence-corrected chi connectivity index (χ2v) is 9.87. The van der Waals surface area contributed by atoms with E-state index >= 15 is 0 Å². The normalized spacial score (nSPS) is 11.7. The Kier molecular flexibility index (Phi) is 7.42. The van der Waals surface area contributed by atoms with Crippen LogP contribution in [0.1, 0.15) is 34.6 Å². The van der Waals surface area contributed by atoms with Gasteiger partial charge in [-0.25, -0.2) is 22.3 Å². The van der Waals surface area contributed by atoms with Gasteiger partial charge in [-0.05, 0) is 30.2 Å². The first-order valence-corrected chi connectivity index (χ1v) is 11.0. The maximum absolute atomic E-state index is 12.6. The van der Waals surface area contributed by atoms with E-state index in [1.807, 2.05) is 13.8 Å². The number of anilines is 1. The SMILES string of the molecule is CC(C)Cn1c(N)c(C(=O)COC(=O)c2ccc(S(=O)(=O)N(C)C)cc2)c(=O)n(C)c1=O. The summed E-state index contributed by atoms with van der Waals surface area (Å²) in [6.45, 7) is 3.10. The van der Waals surface area contributed by atoms with Crippen molar-refractivity contribution in [3.8, 4) is 0 Å². The van der Waals surface area contributed by atoms with E-state index in [1.165, 1.54) is 45.4 Å². The smallest absolute Gasteiger partial charge is 0.338 e. The molecule has 0 bridgehead atoms. The highest BCUT2D eigenvalue weighted by atomic mass is 32.2. The van der Waals surface area contributed by atoms with Gasteiger partial charge in [0.2, 0.25) is 15.8 Å². The Hall–Kier alpha value is -3.25. The number of rotatable bonds is 8. The average molecular weight is 467 g/mol. The highest BCUT2D eigenvalue weighted by molar-refractivity contribution is 7.89. The van der Waals surface area contributed by atoms with Crippen LogP contribution in [-0.4, -0.2) is 54.3 Å². The van der Waals surface area contributed by atoms with Gasteiger partial charge in [0.05, 0.1) is 10.5 Å². The number of ether oxygens (including phenoxy) is 1. The summed E-state index contributed by atoms with van der Waals surface area (Å²) in [6, 6.07) is 4.98. The number of esters is 1. The third kappa shape index (κ3) is 4.97. The van der Waals surface area contributed by atoms with Gasteiger partial charge in [-0.3, -0.25) is 18.7 Å². The van der Waals surface area contributed by atoms with E-state index in [2.05, 4.69) is 0 Å². The van der Waals surface area contributed by atoms with Crippen LogP contribution < -0.4 is 17.0 Å². The topological polar surface area (TPSA) is 151 Å². The lowest BCUT2D eigenvalue weighted by molar-refractivity contribution is 0.0474. The van der Waals surface area contributed by atoms with Crippen LogP contribution in [0.3, 0.4) is 0 Å². The Morgan fingerprint density at radius 1 is 1.12 bits per heavy atom. The summed E-state index contributed by atoms with van der Waals surface area (Å²) in [5.41, 5.74) is 3.97. The number of Topliss-reactive ketones (excluding diaryl/α,β-unsaturated/α-hetero) is 1. The van der Waals surface area contributed by atoms with Crippen LogP contribution in [-0.2, 0) is 28.4 Å². The molecule has 0 aliphatic rings. The molecule has 174 valence electrons. The first-order chi connectivity index (χ1) is 14.8. The quantitative estimate of drug-likeness (QED) is 0.424. The Morgan fingerprint density at radius 2 is 1.69 bits per heavy atom. The fourth-order valence-electron chi connectivity index (χ4n) is 2.85. The van der Waals surface area contributed by atoms with Gasteiger partial charge >= 0.3 is 11.7 Å². The third-order valence-corrected chi connectivity index (χ3v) is 6.44. The Bertz CT molecular complexity index is 1260. The van der Waals surface area contributed by atoms with Crippen molar-refractivity contribution in [2.45, 2.75) is 25.3 Å². The van der Waals surface area contributed by atoms with Crippen LogP contribution in [0.15, 0.2) is 38.8 Å². The largest absolute Gasteiger partial charge is 0.454 e. The van der Waals surface area contributed by atoms with E-state index in [9.17, 15) is 27.6 Å². The van der Waals surface area contributed by atoms with E-state index < -0.39 is 45.2 Å². The number of nitrogen functional groups attached to an aromatic ring is 1. The second-order valence-electron chi connectivity index (χ2n) is 7.72. The lowest BCUT2D eigenvalue weighted by Gasteiger charge is -2.16. The molecule has 0 fully saturated rings. The van der Waals surface area contributed by atoms with Gasteiger partial charge < -0.3 is 10.5 Å². The molecule has 2 rings (SSSR count). The van der Waals surface area contributed by atoms with Gasteiger partial charge in [0.1, 0.15) is 11.4 Å². The molecular formula is C20H26N4O7S. The zero-order valence-electron chi connectivity index (χ0n) is 18.5. The van der Waals surface area contributed by atoms with Gasteiger partial charge in [0, 0.05) is 27.7 Å². The number of nitrogens with two attached hydrogens (primary N) is 1. The van der Waals surface area contributed by atoms with Crippen molar-refractivity contribution in [2.75, 3.05) is 26.4 Å². The van der Waals surface area contributed by atoms with Crippen LogP contribution in [0.5, 0.6) is 0 Å². The summed E-state index contributed by atoms with van der Waals surface area (Å²) < 4.78 is 32.1. The average Bonchev–Trinajstić information content (AvgIpc) is 2.73. The van der Waals surface area contributed by atoms with Crippen molar-refractivity contribution in [1.29, 1.82) is 0 Å². The number of nitrogens with zero attached hydrogens (tertiary/aromatic N) is 3. The van der Waals surface area contributed by atoms with Crippen molar-refractivity contribution < 1.29 is 22.7 Å². The van der Waals surface area contributed by atoms with E-state index in [0.29, 0.717) is 0 Å². The molecule has 0 unspecified atom stereocenters. The van der Waals surface area contributed by atoms with Crippen molar-refractivity contribution in [3.05, 3.63) is 56.2 Å². The number of benzene rings is 1. The summed E-state index contributed by atoms with van der Waals surface area (Å²) in [5.74, 6) is -2.02. The summed E-state index contributed by atoms with van der Waals surface area (Å²) in [5, 5.41) is 0. The maximum Gasteiger partial charge on any atom is 0.338 e. The van der Waals surface area contributed by atoms with Crippen molar-refractivity contribution >= 4 is 27.6 Å². The highest BCUT2D eigenvalue weighted by Gasteiger charge is 2.23. The van der Waals surface area contributed by atoms with E-state index in [4.69, 9.17) is 10.5 Å². The van der Waals surface area contributed by atoms with Gasteiger partial charge in [0.15, 0.2) is 6.61 Å². The summed E-state index contributed by atoms with van der Waals surface area (Å²) >= 11 is 0. The number of aromatic nitrogens is 2. The monoisotopic (exact) mass is 466 g/mol. The van der Waals surface area contributed by atoms with Crippen molar-refractivity contribution in [2.24, 2.45) is 13.0 Å². The van der Waals surface area contributed by atoms with Gasteiger partial charge in [-0.2, -0.15) is 0 Å². The van der Waals surface area contributed by atoms with Crippen LogP contribution in [0, 0.1) is 5.92 Å². The Morgan fingerprint density at radius 3 is 2.19 bits per heavy atom. The molecule has 1 aromatic heterocycles. The lowest BCUT2D eigenvalue weighted by atomic mass is 10.1. The molecule has 1 aromatic carbocycles. The molecule has 0 saturated heterocycles. The molecule has 11 nitrogen and oxygen atoms in total. The van der Waals surface area contributed by atoms with E-state index in [-0.39, 0.29) is 28.7 Å². The standard InChI is InChI=1S/C20H26N4O7S/c1-12(2)10-24-17(21)16(18(26)23(5)20(24)28)15(25)11-31-19(27)13-6-8-14(9-7-13)32(29,30)22(3)4/h6-9,12H,10-11,21H2,1-5H3. The molecule has 0 amide bonds. The number of ketones is 1. The molecule has 0 saturated carbocycles. The predicted octanol–water partition coefficient (Wildman–Crippen LogP) is 0.0752. The molecule has 1 heterocycles. The minimum atomic E-state index is -3.66. The molecule has 0 spiro atoms. The molecule has 12 heteroatoms. The van der Waals surface area contributed by atoms with Gasteiger partial charge in [-0.15, -0.1) is 0 Å². The minimum absolute atomic E-state index is 0.0150. The molecule has 0 aliphatic heterocycles. The molecule has 0 aliphatic carbocycles. The predicted molar refractivity (Wildman–Crippen MR) is 117 cm³/mol. The molecule has 0 atom stereocenters. The van der Waals surface area contributed by atoms with Crippen LogP contribution in [0.4, 0.5) is 5.82 Å². The molecule has 0 radical (unpaired) electrons. The summed E-state index contributed by atoms with van der Waals surface area (Å²) in [6.07, 6.45) is 0. The summed E-state index contributed by atoms with van der Waals surface area (Å²) in [4.78, 5) is 49.6. The number of carbonyl (C=O) groups excluding carboxylic acids is 2. The third-order valence-electron chi connectivity index (χ3n) is 4.61. The van der Waals surface area contributed by atoms with Crippen LogP contribution in [0.25, 0.3) is 0 Å². The first kappa shape index (κ1) is 25.0. The van der Waals surface area contributed by atoms with E-state index in [1.54, 1.807) is 0 Å². The maximum atomic E-state index is 12.6. The Labute approximate surface area is 185 Å². The number of carbonyl (C=O) groups is 2. The minimum Gasteiger partial charge on any atom is -0.454 e. The van der Waals surface area contributed by atoms with Gasteiger partial charge in [0.25, 0.3) is 5.56 Å². The van der Waals surface area contributed by atoms with E-state index in [0.717, 1.165) is 13.4 Å². The number of hydrogen-bond acceptors (Lipinski definition) is 8. The first-order valence-electron chi connectivity index (χ1n) is 9.61. The highest BCUT2D eigenvalue weighted by Crippen LogP contribution is 2.15. The zero-order valence-corrected chi connectivity index (χ0v) is 19.3. The number of hydrogen-bond donors (Lipinski definition) is 1.